The summed E-state index contributed by atoms with van der Waals surface area (Å²) in [4.78, 5) is 25.2. The Bertz CT molecular complexity index is 1440. The third kappa shape index (κ3) is 5.92. The fourth-order valence-corrected chi connectivity index (χ4v) is 4.55. The van der Waals surface area contributed by atoms with Crippen LogP contribution in [0.5, 0.6) is 5.75 Å². The number of carbonyl (C=O) groups is 2. The van der Waals surface area contributed by atoms with E-state index in [1.165, 1.54) is 0 Å². The lowest BCUT2D eigenvalue weighted by atomic mass is 9.95. The van der Waals surface area contributed by atoms with Crippen molar-refractivity contribution in [2.45, 2.75) is 26.4 Å². The zero-order valence-electron chi connectivity index (χ0n) is 21.2. The molecule has 9 nitrogen and oxygen atoms in total. The molecule has 38 heavy (non-hydrogen) atoms. The highest BCUT2D eigenvalue weighted by Crippen LogP contribution is 2.33. The molecule has 0 fully saturated rings. The van der Waals surface area contributed by atoms with Crippen LogP contribution in [0.4, 0.5) is 0 Å². The predicted molar refractivity (Wildman–Crippen MR) is 151 cm³/mol. The van der Waals surface area contributed by atoms with Crippen LogP contribution in [0, 0.1) is 0 Å². The van der Waals surface area contributed by atoms with Gasteiger partial charge in [-0.1, -0.05) is 42.5 Å². The Labute approximate surface area is 226 Å². The van der Waals surface area contributed by atoms with Gasteiger partial charge in [0.15, 0.2) is 11.7 Å². The number of thiocarbonyl (C=S) groups is 1. The molecule has 0 aliphatic carbocycles. The second kappa shape index (κ2) is 12.2. The number of rotatable bonds is 10. The molecular weight excluding hydrogens is 502 g/mol. The van der Waals surface area contributed by atoms with Gasteiger partial charge in [0, 0.05) is 40.5 Å². The number of esters is 1. The van der Waals surface area contributed by atoms with Gasteiger partial charge in [-0.2, -0.15) is 5.10 Å². The van der Waals surface area contributed by atoms with Gasteiger partial charge in [0.1, 0.15) is 5.75 Å². The normalized spacial score (nSPS) is 15.2. The summed E-state index contributed by atoms with van der Waals surface area (Å²) < 4.78 is 13.2. The van der Waals surface area contributed by atoms with E-state index in [2.05, 4.69) is 32.3 Å². The first kappa shape index (κ1) is 26.6. The molecule has 0 saturated carbocycles. The summed E-state index contributed by atoms with van der Waals surface area (Å²) in [5.41, 5.74) is 6.06. The average Bonchev–Trinajstić information content (AvgIpc) is 3.25. The van der Waals surface area contributed by atoms with Crippen LogP contribution in [0.15, 0.2) is 83.8 Å². The van der Waals surface area contributed by atoms with E-state index in [1.807, 2.05) is 48.7 Å². The molecule has 1 amide bonds. The second-order valence-electron chi connectivity index (χ2n) is 8.45. The number of amides is 1. The molecule has 0 radical (unpaired) electrons. The highest BCUT2D eigenvalue weighted by molar-refractivity contribution is 7.80. The van der Waals surface area contributed by atoms with Gasteiger partial charge in [-0.15, -0.1) is 6.58 Å². The minimum absolute atomic E-state index is 0.236. The number of nitrogens with one attached hydrogen (secondary N) is 3. The van der Waals surface area contributed by atoms with Gasteiger partial charge in [-0.25, -0.2) is 10.2 Å². The number of fused-ring (bicyclic) bond motifs is 1. The minimum atomic E-state index is -0.604. The monoisotopic (exact) mass is 531 g/mol. The smallest absolute Gasteiger partial charge is 0.338 e. The SMILES string of the molecule is C=CCn1cc(C=NNC(=O)COc2ccccc2[C@@H]2NC(=S)NC(C)=C2C(=O)OCC)c2ccccc21. The number of benzene rings is 2. The van der Waals surface area contributed by atoms with E-state index in [0.717, 1.165) is 16.5 Å². The fourth-order valence-electron chi connectivity index (χ4n) is 4.27. The first-order chi connectivity index (χ1) is 18.4. The number of hydrazone groups is 1. The molecule has 3 aromatic rings. The molecule has 0 unspecified atom stereocenters. The third-order valence-electron chi connectivity index (χ3n) is 5.89. The Morgan fingerprint density at radius 3 is 2.76 bits per heavy atom. The van der Waals surface area contributed by atoms with Crippen LogP contribution in [0.2, 0.25) is 0 Å². The Balaban J connectivity index is 1.46. The number of hydrogen-bond acceptors (Lipinski definition) is 6. The molecule has 1 aliphatic rings. The molecule has 4 rings (SSSR count). The van der Waals surface area contributed by atoms with Gasteiger partial charge in [0.25, 0.3) is 5.91 Å². The molecule has 1 aromatic heterocycles. The number of para-hydroxylation sites is 2. The fraction of sp³-hybridized carbons (Fsp3) is 0.214. The van der Waals surface area contributed by atoms with Crippen LogP contribution in [0.25, 0.3) is 10.9 Å². The van der Waals surface area contributed by atoms with Crippen molar-refractivity contribution in [3.63, 3.8) is 0 Å². The quantitative estimate of drug-likeness (QED) is 0.120. The van der Waals surface area contributed by atoms with Crippen LogP contribution in [-0.4, -0.2) is 41.0 Å². The van der Waals surface area contributed by atoms with Crippen LogP contribution >= 0.6 is 12.2 Å². The number of allylic oxidation sites excluding steroid dienone is 2. The zero-order chi connectivity index (χ0) is 27.1. The van der Waals surface area contributed by atoms with Gasteiger partial charge >= 0.3 is 5.97 Å². The van der Waals surface area contributed by atoms with Crippen molar-refractivity contribution in [3.8, 4) is 5.75 Å². The summed E-state index contributed by atoms with van der Waals surface area (Å²) in [6.45, 7) is 7.93. The van der Waals surface area contributed by atoms with Crippen molar-refractivity contribution in [1.82, 2.24) is 20.6 Å². The van der Waals surface area contributed by atoms with Crippen LogP contribution in [0.3, 0.4) is 0 Å². The standard InChI is InChI=1S/C28H29N5O4S/c1-4-14-33-16-19(20-10-6-8-12-22(20)33)15-29-32-24(34)17-37-23-13-9-7-11-21(23)26-25(27(35)36-5-2)18(3)30-28(38)31-26/h4,6-13,15-16,26H,1,5,14,17H2,2-3H3,(H,32,34)(H2,30,31,38)/t26-/m0/s1. The molecule has 3 N–H and O–H groups in total. The van der Waals surface area contributed by atoms with Gasteiger partial charge in [-0.05, 0) is 38.2 Å². The van der Waals surface area contributed by atoms with Gasteiger partial charge in [0.2, 0.25) is 0 Å². The molecule has 0 bridgehead atoms. The summed E-state index contributed by atoms with van der Waals surface area (Å²) in [5.74, 6) is -0.471. The van der Waals surface area contributed by atoms with E-state index < -0.39 is 17.9 Å². The summed E-state index contributed by atoms with van der Waals surface area (Å²) >= 11 is 5.31. The van der Waals surface area contributed by atoms with Crippen molar-refractivity contribution >= 4 is 46.3 Å². The van der Waals surface area contributed by atoms with Crippen LogP contribution in [-0.2, 0) is 20.9 Å². The topological polar surface area (TPSA) is 106 Å². The maximum Gasteiger partial charge on any atom is 0.338 e. The molecular formula is C28H29N5O4S. The highest BCUT2D eigenvalue weighted by Gasteiger charge is 2.32. The molecule has 1 atom stereocenters. The van der Waals surface area contributed by atoms with Gasteiger partial charge < -0.3 is 24.7 Å². The Hall–Kier alpha value is -4.44. The number of aromatic nitrogens is 1. The first-order valence-corrected chi connectivity index (χ1v) is 12.5. The zero-order valence-corrected chi connectivity index (χ0v) is 22.0. The van der Waals surface area contributed by atoms with E-state index in [1.54, 1.807) is 32.2 Å². The van der Waals surface area contributed by atoms with E-state index in [0.29, 0.717) is 34.2 Å². The summed E-state index contributed by atoms with van der Waals surface area (Å²) in [7, 11) is 0. The summed E-state index contributed by atoms with van der Waals surface area (Å²) in [6, 6.07) is 14.5. The maximum atomic E-state index is 12.7. The van der Waals surface area contributed by atoms with Crippen molar-refractivity contribution in [1.29, 1.82) is 0 Å². The molecule has 2 heterocycles. The van der Waals surface area contributed by atoms with Crippen molar-refractivity contribution in [2.24, 2.45) is 5.10 Å². The van der Waals surface area contributed by atoms with E-state index in [-0.39, 0.29) is 13.2 Å². The molecule has 0 saturated heterocycles. The van der Waals surface area contributed by atoms with Crippen molar-refractivity contribution in [2.75, 3.05) is 13.2 Å². The number of nitrogens with zero attached hydrogens (tertiary/aromatic N) is 2. The van der Waals surface area contributed by atoms with Crippen molar-refractivity contribution < 1.29 is 19.1 Å². The van der Waals surface area contributed by atoms with Gasteiger partial charge in [0.05, 0.1) is 24.4 Å². The number of carbonyl (C=O) groups excluding carboxylic acids is 2. The first-order valence-electron chi connectivity index (χ1n) is 12.1. The predicted octanol–water partition coefficient (Wildman–Crippen LogP) is 3.71. The second-order valence-corrected chi connectivity index (χ2v) is 8.86. The van der Waals surface area contributed by atoms with E-state index in [4.69, 9.17) is 21.7 Å². The van der Waals surface area contributed by atoms with Crippen LogP contribution in [0.1, 0.15) is 31.0 Å². The maximum absolute atomic E-state index is 12.7. The van der Waals surface area contributed by atoms with E-state index >= 15 is 0 Å². The lowest BCUT2D eigenvalue weighted by molar-refractivity contribution is -0.139. The number of hydrogen-bond donors (Lipinski definition) is 3. The Morgan fingerprint density at radius 2 is 1.97 bits per heavy atom. The lowest BCUT2D eigenvalue weighted by Crippen LogP contribution is -2.45. The minimum Gasteiger partial charge on any atom is -0.483 e. The Kier molecular flexibility index (Phi) is 8.55. The van der Waals surface area contributed by atoms with Crippen molar-refractivity contribution in [3.05, 3.63) is 89.8 Å². The summed E-state index contributed by atoms with van der Waals surface area (Å²) in [6.07, 6.45) is 5.39. The number of ether oxygens (including phenoxy) is 2. The molecule has 2 aromatic carbocycles. The summed E-state index contributed by atoms with van der Waals surface area (Å²) in [5, 5.41) is 11.6. The average molecular weight is 532 g/mol. The van der Waals surface area contributed by atoms with Crippen LogP contribution < -0.4 is 20.8 Å². The third-order valence-corrected chi connectivity index (χ3v) is 6.11. The largest absolute Gasteiger partial charge is 0.483 e. The lowest BCUT2D eigenvalue weighted by Gasteiger charge is -2.30. The molecule has 196 valence electrons. The van der Waals surface area contributed by atoms with Gasteiger partial charge in [-0.3, -0.25) is 4.79 Å². The highest BCUT2D eigenvalue weighted by atomic mass is 32.1. The Morgan fingerprint density at radius 1 is 1.21 bits per heavy atom. The molecule has 10 heteroatoms. The molecule has 0 spiro atoms. The van der Waals surface area contributed by atoms with E-state index in [9.17, 15) is 9.59 Å². The molecule has 1 aliphatic heterocycles.